The molecule has 1 aliphatic carbocycles. The van der Waals surface area contributed by atoms with Gasteiger partial charge in [-0.25, -0.2) is 0 Å². The molecule has 5 nitrogen and oxygen atoms in total. The number of ether oxygens (including phenoxy) is 2. The van der Waals surface area contributed by atoms with E-state index < -0.39 is 0 Å². The van der Waals surface area contributed by atoms with E-state index in [4.69, 9.17) is 9.47 Å². The Bertz CT molecular complexity index is 706. The molecule has 1 atom stereocenters. The fourth-order valence-electron chi connectivity index (χ4n) is 3.75. The number of hydrogen-bond acceptors (Lipinski definition) is 4. The summed E-state index contributed by atoms with van der Waals surface area (Å²) < 4.78 is 13.3. The van der Waals surface area contributed by atoms with Gasteiger partial charge in [-0.1, -0.05) is 12.1 Å². The van der Waals surface area contributed by atoms with Crippen LogP contribution in [0.15, 0.2) is 30.5 Å². The zero-order chi connectivity index (χ0) is 17.2. The summed E-state index contributed by atoms with van der Waals surface area (Å²) in [5.41, 5.74) is 4.00. The average molecular weight is 341 g/mol. The summed E-state index contributed by atoms with van der Waals surface area (Å²) in [6.45, 7) is 4.62. The number of methoxy groups -OCH3 is 1. The van der Waals surface area contributed by atoms with Crippen LogP contribution < -0.4 is 4.74 Å². The van der Waals surface area contributed by atoms with E-state index in [1.165, 1.54) is 29.7 Å². The maximum atomic E-state index is 6.02. The minimum absolute atomic E-state index is 0.397. The molecule has 2 heterocycles. The number of rotatable bonds is 7. The van der Waals surface area contributed by atoms with Crippen molar-refractivity contribution in [3.05, 3.63) is 47.3 Å². The van der Waals surface area contributed by atoms with E-state index in [-0.39, 0.29) is 0 Å². The quantitative estimate of drug-likeness (QED) is 0.776. The Morgan fingerprint density at radius 3 is 2.68 bits per heavy atom. The molecule has 0 unspecified atom stereocenters. The number of benzene rings is 1. The molecule has 25 heavy (non-hydrogen) atoms. The number of nitrogens with zero attached hydrogens (tertiary/aromatic N) is 3. The fraction of sp³-hybridized carbons (Fsp3) is 0.550. The molecular weight excluding hydrogens is 314 g/mol. The summed E-state index contributed by atoms with van der Waals surface area (Å²) in [5.74, 6) is 2.11. The van der Waals surface area contributed by atoms with Gasteiger partial charge in [0, 0.05) is 50.5 Å². The van der Waals surface area contributed by atoms with Gasteiger partial charge in [-0.05, 0) is 36.5 Å². The van der Waals surface area contributed by atoms with E-state index >= 15 is 0 Å². The van der Waals surface area contributed by atoms with Crippen molar-refractivity contribution >= 4 is 0 Å². The summed E-state index contributed by atoms with van der Waals surface area (Å²) in [5, 5.41) is 4.49. The normalized spacial score (nSPS) is 20.5. The van der Waals surface area contributed by atoms with Crippen molar-refractivity contribution in [1.29, 1.82) is 0 Å². The topological polar surface area (TPSA) is 39.5 Å². The lowest BCUT2D eigenvalue weighted by molar-refractivity contribution is 0.0870. The van der Waals surface area contributed by atoms with Gasteiger partial charge < -0.3 is 9.47 Å². The first-order valence-electron chi connectivity index (χ1n) is 9.16. The maximum Gasteiger partial charge on any atom is 0.118 e. The van der Waals surface area contributed by atoms with Crippen LogP contribution in [0.4, 0.5) is 0 Å². The van der Waals surface area contributed by atoms with Gasteiger partial charge in [-0.3, -0.25) is 9.58 Å². The van der Waals surface area contributed by atoms with Gasteiger partial charge in [0.2, 0.25) is 0 Å². The van der Waals surface area contributed by atoms with Gasteiger partial charge in [0.15, 0.2) is 0 Å². The third-order valence-electron chi connectivity index (χ3n) is 5.26. The molecule has 0 saturated heterocycles. The van der Waals surface area contributed by atoms with Crippen LogP contribution in [0.1, 0.15) is 35.6 Å². The molecule has 134 valence electrons. The van der Waals surface area contributed by atoms with Crippen LogP contribution in [0.25, 0.3) is 0 Å². The second-order valence-electron chi connectivity index (χ2n) is 7.37. The van der Waals surface area contributed by atoms with Crippen LogP contribution in [0.5, 0.6) is 5.75 Å². The number of aromatic nitrogens is 2. The second-order valence-corrected chi connectivity index (χ2v) is 7.37. The van der Waals surface area contributed by atoms with Crippen LogP contribution in [-0.4, -0.2) is 41.5 Å². The molecule has 0 amide bonds. The number of hydrogen-bond donors (Lipinski definition) is 0. The Kier molecular flexibility index (Phi) is 4.77. The molecule has 2 aromatic rings. The molecule has 4 rings (SSSR count). The number of aryl methyl sites for hydroxylation is 1. The zero-order valence-corrected chi connectivity index (χ0v) is 15.1. The van der Waals surface area contributed by atoms with E-state index in [0.29, 0.717) is 5.92 Å². The first-order chi connectivity index (χ1) is 12.2. The Hall–Kier alpha value is -1.85. The number of fused-ring (bicyclic) bond motifs is 1. The highest BCUT2D eigenvalue weighted by molar-refractivity contribution is 5.29. The van der Waals surface area contributed by atoms with Crippen molar-refractivity contribution in [3.63, 3.8) is 0 Å². The van der Waals surface area contributed by atoms with Crippen molar-refractivity contribution in [2.24, 2.45) is 13.0 Å². The lowest BCUT2D eigenvalue weighted by atomic mass is 9.96. The first kappa shape index (κ1) is 16.6. The Morgan fingerprint density at radius 2 is 1.96 bits per heavy atom. The lowest BCUT2D eigenvalue weighted by Crippen LogP contribution is -2.35. The summed E-state index contributed by atoms with van der Waals surface area (Å²) in [6.07, 6.45) is 4.69. The van der Waals surface area contributed by atoms with E-state index in [0.717, 1.165) is 44.5 Å². The molecule has 1 fully saturated rings. The molecule has 0 bridgehead atoms. The van der Waals surface area contributed by atoms with Crippen LogP contribution >= 0.6 is 0 Å². The highest BCUT2D eigenvalue weighted by Crippen LogP contribution is 2.32. The molecule has 0 N–H and O–H groups in total. The van der Waals surface area contributed by atoms with E-state index in [1.54, 1.807) is 7.11 Å². The third kappa shape index (κ3) is 3.88. The predicted molar refractivity (Wildman–Crippen MR) is 96.6 cm³/mol. The van der Waals surface area contributed by atoms with Gasteiger partial charge in [0.1, 0.15) is 5.75 Å². The molecule has 1 aromatic carbocycles. The highest BCUT2D eigenvalue weighted by Gasteiger charge is 2.29. The zero-order valence-electron chi connectivity index (χ0n) is 15.1. The standard InChI is InChI=1S/C20H27N3O2/c1-22-20-17(9-21-22)11-23(10-15-5-7-19(24-2)8-6-15)12-18(20)14-25-13-16-3-4-16/h5-9,16,18H,3-4,10-14H2,1-2H3/t18-/m0/s1. The molecule has 0 radical (unpaired) electrons. The molecule has 5 heteroatoms. The van der Waals surface area contributed by atoms with Crippen molar-refractivity contribution in [2.45, 2.75) is 31.8 Å². The molecule has 0 spiro atoms. The van der Waals surface area contributed by atoms with E-state index in [1.807, 2.05) is 30.1 Å². The highest BCUT2D eigenvalue weighted by atomic mass is 16.5. The summed E-state index contributed by atoms with van der Waals surface area (Å²) in [4.78, 5) is 2.50. The second kappa shape index (κ2) is 7.18. The lowest BCUT2D eigenvalue weighted by Gasteiger charge is -2.33. The van der Waals surface area contributed by atoms with Crippen LogP contribution in [0.2, 0.25) is 0 Å². The van der Waals surface area contributed by atoms with Gasteiger partial charge in [0.25, 0.3) is 0 Å². The molecule has 1 aromatic heterocycles. The van der Waals surface area contributed by atoms with E-state index in [2.05, 4.69) is 22.1 Å². The maximum absolute atomic E-state index is 6.02. The van der Waals surface area contributed by atoms with Crippen LogP contribution in [-0.2, 0) is 24.9 Å². The van der Waals surface area contributed by atoms with Crippen LogP contribution in [0, 0.1) is 5.92 Å². The average Bonchev–Trinajstić information content (AvgIpc) is 3.37. The van der Waals surface area contributed by atoms with Crippen molar-refractivity contribution < 1.29 is 9.47 Å². The van der Waals surface area contributed by atoms with Gasteiger partial charge in [0.05, 0.1) is 19.9 Å². The monoisotopic (exact) mass is 341 g/mol. The molecule has 1 saturated carbocycles. The van der Waals surface area contributed by atoms with Crippen molar-refractivity contribution in [1.82, 2.24) is 14.7 Å². The fourth-order valence-corrected chi connectivity index (χ4v) is 3.75. The smallest absolute Gasteiger partial charge is 0.118 e. The Morgan fingerprint density at radius 1 is 1.16 bits per heavy atom. The van der Waals surface area contributed by atoms with E-state index in [9.17, 15) is 0 Å². The Balaban J connectivity index is 1.44. The predicted octanol–water partition coefficient (Wildman–Crippen LogP) is 2.95. The van der Waals surface area contributed by atoms with Crippen LogP contribution in [0.3, 0.4) is 0 Å². The van der Waals surface area contributed by atoms with Gasteiger partial charge in [-0.2, -0.15) is 5.10 Å². The van der Waals surface area contributed by atoms with Gasteiger partial charge >= 0.3 is 0 Å². The molecular formula is C20H27N3O2. The summed E-state index contributed by atoms with van der Waals surface area (Å²) in [7, 11) is 3.75. The van der Waals surface area contributed by atoms with Crippen molar-refractivity contribution in [3.8, 4) is 5.75 Å². The van der Waals surface area contributed by atoms with Gasteiger partial charge in [-0.15, -0.1) is 0 Å². The first-order valence-corrected chi connectivity index (χ1v) is 9.16. The minimum atomic E-state index is 0.397. The largest absolute Gasteiger partial charge is 0.497 e. The molecule has 1 aliphatic heterocycles. The summed E-state index contributed by atoms with van der Waals surface area (Å²) >= 11 is 0. The summed E-state index contributed by atoms with van der Waals surface area (Å²) in [6, 6.07) is 8.36. The third-order valence-corrected chi connectivity index (χ3v) is 5.26. The molecule has 2 aliphatic rings. The van der Waals surface area contributed by atoms with Crippen molar-refractivity contribution in [2.75, 3.05) is 26.9 Å². The Labute approximate surface area is 149 Å². The minimum Gasteiger partial charge on any atom is -0.497 e. The SMILES string of the molecule is COc1ccc(CN2Cc3cnn(C)c3[C@H](COCC3CC3)C2)cc1.